The summed E-state index contributed by atoms with van der Waals surface area (Å²) in [5, 5.41) is 0. The standard InChI is InChI=1S/C14H21NO3/c1-5-12(14(16)17-6-2)18-13-8-11(15)9(3)7-10(13)4/h7-8,12H,5-6,15H2,1-4H3. The molecule has 1 aromatic rings. The molecule has 0 aliphatic heterocycles. The lowest BCUT2D eigenvalue weighted by atomic mass is 10.1. The topological polar surface area (TPSA) is 61.5 Å². The van der Waals surface area contributed by atoms with Gasteiger partial charge in [0.05, 0.1) is 6.61 Å². The van der Waals surface area contributed by atoms with Crippen LogP contribution < -0.4 is 10.5 Å². The number of ether oxygens (including phenoxy) is 2. The molecule has 18 heavy (non-hydrogen) atoms. The molecule has 100 valence electrons. The Morgan fingerprint density at radius 3 is 2.50 bits per heavy atom. The van der Waals surface area contributed by atoms with Gasteiger partial charge in [0.15, 0.2) is 6.10 Å². The molecule has 0 spiro atoms. The average Bonchev–Trinajstić information content (AvgIpc) is 2.32. The van der Waals surface area contributed by atoms with Crippen molar-refractivity contribution in [1.29, 1.82) is 0 Å². The number of nitrogens with two attached hydrogens (primary N) is 1. The summed E-state index contributed by atoms with van der Waals surface area (Å²) in [5.41, 5.74) is 8.47. The first-order valence-corrected chi connectivity index (χ1v) is 6.19. The van der Waals surface area contributed by atoms with Crippen LogP contribution in [-0.2, 0) is 9.53 Å². The Morgan fingerprint density at radius 2 is 1.94 bits per heavy atom. The zero-order chi connectivity index (χ0) is 13.7. The van der Waals surface area contributed by atoms with Crippen LogP contribution in [0.2, 0.25) is 0 Å². The van der Waals surface area contributed by atoms with Crippen LogP contribution in [0.3, 0.4) is 0 Å². The normalized spacial score (nSPS) is 12.0. The number of rotatable bonds is 5. The molecule has 1 atom stereocenters. The summed E-state index contributed by atoms with van der Waals surface area (Å²) >= 11 is 0. The molecule has 0 aliphatic rings. The van der Waals surface area contributed by atoms with E-state index in [1.807, 2.05) is 26.8 Å². The van der Waals surface area contributed by atoms with Crippen LogP contribution in [-0.4, -0.2) is 18.7 Å². The molecular weight excluding hydrogens is 230 g/mol. The van der Waals surface area contributed by atoms with Gasteiger partial charge in [0, 0.05) is 11.8 Å². The third-order valence-electron chi connectivity index (χ3n) is 2.75. The summed E-state index contributed by atoms with van der Waals surface area (Å²) in [4.78, 5) is 11.7. The maximum absolute atomic E-state index is 11.7. The molecule has 1 rings (SSSR count). The van der Waals surface area contributed by atoms with Crippen LogP contribution in [0, 0.1) is 13.8 Å². The molecule has 4 heteroatoms. The minimum Gasteiger partial charge on any atom is -0.478 e. The van der Waals surface area contributed by atoms with Crippen molar-refractivity contribution in [2.24, 2.45) is 0 Å². The van der Waals surface area contributed by atoms with Crippen molar-refractivity contribution in [2.75, 3.05) is 12.3 Å². The van der Waals surface area contributed by atoms with Crippen molar-refractivity contribution in [1.82, 2.24) is 0 Å². The summed E-state index contributed by atoms with van der Waals surface area (Å²) in [6.07, 6.45) is -0.0164. The predicted molar refractivity (Wildman–Crippen MR) is 71.7 cm³/mol. The van der Waals surface area contributed by atoms with Crippen LogP contribution in [0.15, 0.2) is 12.1 Å². The highest BCUT2D eigenvalue weighted by Gasteiger charge is 2.20. The highest BCUT2D eigenvalue weighted by molar-refractivity contribution is 5.75. The lowest BCUT2D eigenvalue weighted by molar-refractivity contribution is -0.151. The lowest BCUT2D eigenvalue weighted by Gasteiger charge is -2.18. The molecular formula is C14H21NO3. The second-order valence-electron chi connectivity index (χ2n) is 4.24. The van der Waals surface area contributed by atoms with E-state index in [1.165, 1.54) is 0 Å². The van der Waals surface area contributed by atoms with Crippen LogP contribution >= 0.6 is 0 Å². The van der Waals surface area contributed by atoms with Gasteiger partial charge in [-0.1, -0.05) is 13.0 Å². The molecule has 0 aromatic heterocycles. The van der Waals surface area contributed by atoms with Crippen molar-refractivity contribution in [3.05, 3.63) is 23.3 Å². The third-order valence-corrected chi connectivity index (χ3v) is 2.75. The molecule has 0 fully saturated rings. The lowest BCUT2D eigenvalue weighted by Crippen LogP contribution is -2.29. The maximum Gasteiger partial charge on any atom is 0.347 e. The second-order valence-corrected chi connectivity index (χ2v) is 4.24. The number of esters is 1. The molecule has 1 aromatic carbocycles. The number of carbonyl (C=O) groups excluding carboxylic acids is 1. The fourth-order valence-electron chi connectivity index (χ4n) is 1.66. The summed E-state index contributed by atoms with van der Waals surface area (Å²) in [6.45, 7) is 7.89. The summed E-state index contributed by atoms with van der Waals surface area (Å²) in [5.74, 6) is 0.302. The van der Waals surface area contributed by atoms with E-state index in [1.54, 1.807) is 13.0 Å². The number of hydrogen-bond acceptors (Lipinski definition) is 4. The Labute approximate surface area is 108 Å². The van der Waals surface area contributed by atoms with Gasteiger partial charge >= 0.3 is 5.97 Å². The van der Waals surface area contributed by atoms with Gasteiger partial charge in [-0.15, -0.1) is 0 Å². The smallest absolute Gasteiger partial charge is 0.347 e. The second kappa shape index (κ2) is 6.28. The summed E-state index contributed by atoms with van der Waals surface area (Å²) in [6, 6.07) is 3.70. The Kier molecular flexibility index (Phi) is 5.01. The molecule has 0 saturated heterocycles. The quantitative estimate of drug-likeness (QED) is 0.645. The highest BCUT2D eigenvalue weighted by Crippen LogP contribution is 2.26. The number of carbonyl (C=O) groups is 1. The van der Waals surface area contributed by atoms with Crippen molar-refractivity contribution in [3.63, 3.8) is 0 Å². The fraction of sp³-hybridized carbons (Fsp3) is 0.500. The summed E-state index contributed by atoms with van der Waals surface area (Å²) in [7, 11) is 0. The number of anilines is 1. The van der Waals surface area contributed by atoms with Gasteiger partial charge in [-0.25, -0.2) is 4.79 Å². The first-order valence-electron chi connectivity index (χ1n) is 6.19. The van der Waals surface area contributed by atoms with Gasteiger partial charge in [-0.3, -0.25) is 0 Å². The number of hydrogen-bond donors (Lipinski definition) is 1. The fourth-order valence-corrected chi connectivity index (χ4v) is 1.66. The van der Waals surface area contributed by atoms with Gasteiger partial charge in [0.1, 0.15) is 5.75 Å². The van der Waals surface area contributed by atoms with E-state index in [4.69, 9.17) is 15.2 Å². The van der Waals surface area contributed by atoms with Crippen LogP contribution in [0.4, 0.5) is 5.69 Å². The van der Waals surface area contributed by atoms with E-state index in [0.29, 0.717) is 24.5 Å². The molecule has 4 nitrogen and oxygen atoms in total. The molecule has 0 amide bonds. The van der Waals surface area contributed by atoms with Crippen molar-refractivity contribution >= 4 is 11.7 Å². The first kappa shape index (κ1) is 14.4. The van der Waals surface area contributed by atoms with Gasteiger partial charge in [0.25, 0.3) is 0 Å². The van der Waals surface area contributed by atoms with E-state index in [-0.39, 0.29) is 5.97 Å². The number of benzene rings is 1. The average molecular weight is 251 g/mol. The Hall–Kier alpha value is -1.71. The van der Waals surface area contributed by atoms with E-state index in [0.717, 1.165) is 11.1 Å². The molecule has 1 unspecified atom stereocenters. The SMILES string of the molecule is CCOC(=O)C(CC)Oc1cc(N)c(C)cc1C. The molecule has 0 heterocycles. The Balaban J connectivity index is 2.88. The Bertz CT molecular complexity index is 429. The van der Waals surface area contributed by atoms with Crippen LogP contribution in [0.1, 0.15) is 31.4 Å². The van der Waals surface area contributed by atoms with Gasteiger partial charge in [-0.2, -0.15) is 0 Å². The zero-order valence-corrected chi connectivity index (χ0v) is 11.4. The van der Waals surface area contributed by atoms with E-state index in [2.05, 4.69) is 0 Å². The van der Waals surface area contributed by atoms with Gasteiger partial charge < -0.3 is 15.2 Å². The van der Waals surface area contributed by atoms with Crippen LogP contribution in [0.5, 0.6) is 5.75 Å². The van der Waals surface area contributed by atoms with E-state index >= 15 is 0 Å². The minimum absolute atomic E-state index is 0.335. The first-order chi connectivity index (χ1) is 8.49. The molecule has 0 bridgehead atoms. The van der Waals surface area contributed by atoms with Crippen molar-refractivity contribution in [3.8, 4) is 5.75 Å². The number of aryl methyl sites for hydroxylation is 2. The van der Waals surface area contributed by atoms with Crippen LogP contribution in [0.25, 0.3) is 0 Å². The van der Waals surface area contributed by atoms with Crippen molar-refractivity contribution < 1.29 is 14.3 Å². The maximum atomic E-state index is 11.7. The van der Waals surface area contributed by atoms with E-state index in [9.17, 15) is 4.79 Å². The molecule has 0 radical (unpaired) electrons. The van der Waals surface area contributed by atoms with Crippen molar-refractivity contribution in [2.45, 2.75) is 40.2 Å². The molecule has 2 N–H and O–H groups in total. The minimum atomic E-state index is -0.578. The Morgan fingerprint density at radius 1 is 1.28 bits per heavy atom. The zero-order valence-electron chi connectivity index (χ0n) is 11.4. The van der Waals surface area contributed by atoms with E-state index < -0.39 is 6.10 Å². The predicted octanol–water partition coefficient (Wildman–Crippen LogP) is 2.61. The third kappa shape index (κ3) is 3.39. The van der Waals surface area contributed by atoms with Gasteiger partial charge in [0.2, 0.25) is 0 Å². The molecule has 0 aliphatic carbocycles. The highest BCUT2D eigenvalue weighted by atomic mass is 16.6. The largest absolute Gasteiger partial charge is 0.478 e. The molecule has 0 saturated carbocycles. The monoisotopic (exact) mass is 251 g/mol. The van der Waals surface area contributed by atoms with Gasteiger partial charge in [-0.05, 0) is 38.3 Å². The summed E-state index contributed by atoms with van der Waals surface area (Å²) < 4.78 is 10.7. The number of nitrogen functional groups attached to an aromatic ring is 1.